The topological polar surface area (TPSA) is 111 Å². The molecular formula is C27H30N8O. The summed E-state index contributed by atoms with van der Waals surface area (Å²) in [4.78, 5) is 36.0. The van der Waals surface area contributed by atoms with Crippen molar-refractivity contribution in [1.29, 1.82) is 0 Å². The normalized spacial score (nSPS) is 20.3. The summed E-state index contributed by atoms with van der Waals surface area (Å²) in [6.07, 6.45) is 8.85. The van der Waals surface area contributed by atoms with Crippen molar-refractivity contribution in [3.05, 3.63) is 48.3 Å². The molecule has 4 heterocycles. The first-order valence-corrected chi connectivity index (χ1v) is 12.6. The van der Waals surface area contributed by atoms with E-state index in [1.165, 1.54) is 19.3 Å². The van der Waals surface area contributed by atoms with Crippen molar-refractivity contribution in [3.8, 4) is 22.6 Å². The maximum Gasteiger partial charge on any atom is 0.249 e. The second-order valence-electron chi connectivity index (χ2n) is 10.1. The number of carbonyl (C=O) groups is 1. The van der Waals surface area contributed by atoms with E-state index < -0.39 is 5.54 Å². The Labute approximate surface area is 209 Å². The number of aromatic nitrogens is 6. The molecule has 6 rings (SSSR count). The third kappa shape index (κ3) is 3.49. The second kappa shape index (κ2) is 8.44. The van der Waals surface area contributed by atoms with Gasteiger partial charge in [0.1, 0.15) is 34.7 Å². The highest BCUT2D eigenvalue weighted by molar-refractivity contribution is 6.06. The Morgan fingerprint density at radius 2 is 1.94 bits per heavy atom. The van der Waals surface area contributed by atoms with Gasteiger partial charge in [-0.25, -0.2) is 24.9 Å². The van der Waals surface area contributed by atoms with Crippen LogP contribution in [0.5, 0.6) is 0 Å². The number of nitrogens with one attached hydrogen (secondary N) is 2. The van der Waals surface area contributed by atoms with E-state index in [1.54, 1.807) is 18.7 Å². The minimum Gasteiger partial charge on any atom is -0.324 e. The van der Waals surface area contributed by atoms with Gasteiger partial charge in [-0.05, 0) is 58.6 Å². The highest BCUT2D eigenvalue weighted by Gasteiger charge is 2.45. The molecule has 0 radical (unpaired) electrons. The number of amides is 1. The Balaban J connectivity index is 1.45. The predicted molar refractivity (Wildman–Crippen MR) is 138 cm³/mol. The lowest BCUT2D eigenvalue weighted by atomic mass is 9.79. The number of nitrogens with zero attached hydrogens (tertiary/aromatic N) is 6. The molecule has 1 amide bonds. The van der Waals surface area contributed by atoms with Gasteiger partial charge in [-0.3, -0.25) is 10.1 Å². The minimum atomic E-state index is -0.806. The fraction of sp³-hybridized carbons (Fsp3) is 0.407. The smallest absolute Gasteiger partial charge is 0.249 e. The van der Waals surface area contributed by atoms with E-state index >= 15 is 0 Å². The first kappa shape index (κ1) is 22.7. The molecule has 4 aromatic rings. The van der Waals surface area contributed by atoms with Crippen LogP contribution in [-0.2, 0) is 16.9 Å². The van der Waals surface area contributed by atoms with Crippen molar-refractivity contribution >= 4 is 22.8 Å². The van der Waals surface area contributed by atoms with Crippen LogP contribution in [0.4, 0.5) is 5.69 Å². The summed E-state index contributed by atoms with van der Waals surface area (Å²) in [5.74, 6) is 2.06. The summed E-state index contributed by atoms with van der Waals surface area (Å²) < 4.78 is 2.05. The molecule has 2 N–H and O–H groups in total. The fourth-order valence-corrected chi connectivity index (χ4v) is 5.42. The van der Waals surface area contributed by atoms with Crippen LogP contribution in [0.25, 0.3) is 33.8 Å². The molecular weight excluding hydrogens is 452 g/mol. The van der Waals surface area contributed by atoms with Gasteiger partial charge in [0, 0.05) is 41.8 Å². The number of aryl methyl sites for hydroxylation is 2. The molecule has 9 nitrogen and oxygen atoms in total. The van der Waals surface area contributed by atoms with Gasteiger partial charge < -0.3 is 9.88 Å². The molecule has 1 aliphatic carbocycles. The first-order chi connectivity index (χ1) is 17.4. The number of carbonyl (C=O) groups excluding carboxylic acids is 1. The summed E-state index contributed by atoms with van der Waals surface area (Å²) in [6, 6.07) is 6.27. The van der Waals surface area contributed by atoms with Gasteiger partial charge >= 0.3 is 0 Å². The van der Waals surface area contributed by atoms with Crippen LogP contribution in [0, 0.1) is 12.8 Å². The monoisotopic (exact) mass is 482 g/mol. The molecule has 0 bridgehead atoms. The molecule has 2 atom stereocenters. The molecule has 1 fully saturated rings. The zero-order valence-corrected chi connectivity index (χ0v) is 21.0. The van der Waals surface area contributed by atoms with Crippen LogP contribution in [0.15, 0.2) is 36.9 Å². The van der Waals surface area contributed by atoms with Crippen molar-refractivity contribution in [3.63, 3.8) is 0 Å². The van der Waals surface area contributed by atoms with Crippen LogP contribution in [0.1, 0.15) is 51.4 Å². The maximum atomic E-state index is 13.1. The number of anilines is 1. The molecule has 1 aliphatic heterocycles. The molecule has 3 aromatic heterocycles. The molecule has 2 aliphatic rings. The van der Waals surface area contributed by atoms with E-state index in [0.29, 0.717) is 23.8 Å². The fourth-order valence-electron chi connectivity index (χ4n) is 5.42. The Kier molecular flexibility index (Phi) is 5.33. The van der Waals surface area contributed by atoms with Gasteiger partial charge in [0.25, 0.3) is 0 Å². The van der Waals surface area contributed by atoms with E-state index in [4.69, 9.17) is 4.98 Å². The summed E-state index contributed by atoms with van der Waals surface area (Å²) in [5.41, 5.74) is 4.90. The number of benzene rings is 1. The minimum absolute atomic E-state index is 0.0226. The lowest BCUT2D eigenvalue weighted by Crippen LogP contribution is -2.52. The van der Waals surface area contributed by atoms with E-state index in [1.807, 2.05) is 26.0 Å². The van der Waals surface area contributed by atoms with E-state index in [0.717, 1.165) is 39.5 Å². The highest BCUT2D eigenvalue weighted by atomic mass is 16.2. The van der Waals surface area contributed by atoms with Gasteiger partial charge in [-0.2, -0.15) is 0 Å². The van der Waals surface area contributed by atoms with Crippen molar-refractivity contribution in [2.75, 3.05) is 5.32 Å². The molecule has 184 valence electrons. The lowest BCUT2D eigenvalue weighted by Gasteiger charge is -2.37. The van der Waals surface area contributed by atoms with Crippen LogP contribution in [0.3, 0.4) is 0 Å². The molecule has 9 heteroatoms. The highest BCUT2D eigenvalue weighted by Crippen LogP contribution is 2.41. The molecule has 0 unspecified atom stereocenters. The van der Waals surface area contributed by atoms with Crippen molar-refractivity contribution in [1.82, 2.24) is 34.8 Å². The average Bonchev–Trinajstić information content (AvgIpc) is 3.32. The van der Waals surface area contributed by atoms with Gasteiger partial charge in [0.2, 0.25) is 5.91 Å². The van der Waals surface area contributed by atoms with E-state index in [2.05, 4.69) is 55.1 Å². The summed E-state index contributed by atoms with van der Waals surface area (Å²) in [5, 5.41) is 6.71. The second-order valence-corrected chi connectivity index (χ2v) is 10.1. The number of hydrogen-bond donors (Lipinski definition) is 2. The number of rotatable bonds is 6. The molecule has 0 saturated heterocycles. The van der Waals surface area contributed by atoms with Gasteiger partial charge in [0.05, 0.1) is 5.56 Å². The van der Waals surface area contributed by atoms with Crippen molar-refractivity contribution < 1.29 is 4.79 Å². The Morgan fingerprint density at radius 3 is 2.64 bits per heavy atom. The summed E-state index contributed by atoms with van der Waals surface area (Å²) >= 11 is 0. The van der Waals surface area contributed by atoms with Crippen molar-refractivity contribution in [2.24, 2.45) is 5.92 Å². The number of imidazole rings is 1. The lowest BCUT2D eigenvalue weighted by molar-refractivity contribution is -0.121. The zero-order chi connectivity index (χ0) is 25.0. The quantitative estimate of drug-likeness (QED) is 0.423. The largest absolute Gasteiger partial charge is 0.324 e. The first-order valence-electron chi connectivity index (χ1n) is 12.6. The van der Waals surface area contributed by atoms with E-state index in [-0.39, 0.29) is 11.9 Å². The van der Waals surface area contributed by atoms with Gasteiger partial charge in [-0.1, -0.05) is 12.5 Å². The Bertz CT molecular complexity index is 1470. The molecule has 36 heavy (non-hydrogen) atoms. The maximum absolute atomic E-state index is 13.1. The van der Waals surface area contributed by atoms with Crippen molar-refractivity contribution in [2.45, 2.75) is 65.1 Å². The molecule has 0 spiro atoms. The van der Waals surface area contributed by atoms with Gasteiger partial charge in [-0.15, -0.1) is 0 Å². The number of hydrogen-bond acceptors (Lipinski definition) is 7. The van der Waals surface area contributed by atoms with Crippen LogP contribution in [-0.4, -0.2) is 41.4 Å². The predicted octanol–water partition coefficient (Wildman–Crippen LogP) is 4.22. The zero-order valence-electron chi connectivity index (χ0n) is 21.0. The average molecular weight is 483 g/mol. The summed E-state index contributed by atoms with van der Waals surface area (Å²) in [6.45, 7) is 8.78. The Hall–Kier alpha value is -3.72. The molecule has 1 aromatic carbocycles. The van der Waals surface area contributed by atoms with Gasteiger partial charge in [0.15, 0.2) is 5.65 Å². The van der Waals surface area contributed by atoms with Crippen LogP contribution >= 0.6 is 0 Å². The van der Waals surface area contributed by atoms with Crippen LogP contribution < -0.4 is 10.6 Å². The van der Waals surface area contributed by atoms with Crippen LogP contribution in [0.2, 0.25) is 0 Å². The number of fused-ring (bicyclic) bond motifs is 2. The van der Waals surface area contributed by atoms with E-state index in [9.17, 15) is 4.79 Å². The Morgan fingerprint density at radius 1 is 1.17 bits per heavy atom. The molecule has 1 saturated carbocycles. The standard InChI is InChI=1S/C27H30N8O/c1-5-35-24(19-12-28-16(3)29-13-19)33-23-22(30-14-31-25(23)35)18-9-10-21-20(11-18)27(4,26(36)32-21)34-15(2)17-7-6-8-17/h9-15,17,34H,5-8H2,1-4H3,(H,32,36)/t15-,27+/m0/s1. The third-order valence-electron chi connectivity index (χ3n) is 7.79. The SMILES string of the molecule is CCn1c(-c2cnc(C)nc2)nc2c(-c3ccc4c(c3)[C@@](C)(N[C@@H](C)C3CCC3)C(=O)N4)ncnc21. The summed E-state index contributed by atoms with van der Waals surface area (Å²) in [7, 11) is 0. The third-order valence-corrected chi connectivity index (χ3v) is 7.79.